The van der Waals surface area contributed by atoms with Gasteiger partial charge in [-0.25, -0.2) is 15.0 Å². The lowest BCUT2D eigenvalue weighted by molar-refractivity contribution is 1.07. The summed E-state index contributed by atoms with van der Waals surface area (Å²) in [6.45, 7) is -0.147. The molecule has 6 heteroatoms. The summed E-state index contributed by atoms with van der Waals surface area (Å²) in [5, 5.41) is 2.51. The minimum Gasteiger partial charge on any atom is -0.375 e. The first-order valence-electron chi connectivity index (χ1n) is 25.6. The van der Waals surface area contributed by atoms with Gasteiger partial charge < -0.3 is 9.38 Å². The molecule has 0 saturated carbocycles. The van der Waals surface area contributed by atoms with Crippen LogP contribution in [0.15, 0.2) is 267 Å². The number of rotatable bonds is 8. The van der Waals surface area contributed by atoms with Crippen LogP contribution in [0.2, 0.25) is 0 Å². The second-order valence-electron chi connectivity index (χ2n) is 19.5. The van der Waals surface area contributed by atoms with Crippen LogP contribution in [-0.2, 0) is 0 Å². The highest BCUT2D eigenvalue weighted by Crippen LogP contribution is 2.51. The number of hydrogen-bond acceptors (Lipinski definition) is 4. The molecule has 2 aliphatic heterocycles. The molecule has 0 spiro atoms. The van der Waals surface area contributed by atoms with E-state index < -0.39 is 0 Å². The fourth-order valence-corrected chi connectivity index (χ4v) is 11.9. The molecule has 0 radical (unpaired) electrons. The molecule has 0 fully saturated rings. The predicted molar refractivity (Wildman–Crippen MR) is 311 cm³/mol. The standard InChI is InChI=1S/C69H44BN5/c1-6-19-45(20-7-1)47-37-40-54(41-38-47)74-61-42-39-53(46-21-8-2-9-22-46)43-59(61)70-65-62(74)44-58(63(49-23-10-3-11-24-49)64(65)57-31-18-30-56-55-29-16-17-32-60(55)75(70)66(56)57)48-33-35-52(36-34-48)69-72-67(50-25-12-4-13-26-50)71-68(73-69)51-27-14-5-15-28-51/h1-44H. The van der Waals surface area contributed by atoms with Crippen LogP contribution in [0.3, 0.4) is 0 Å². The Hall–Kier alpha value is -9.91. The van der Waals surface area contributed by atoms with Gasteiger partial charge in [0.1, 0.15) is 0 Å². The van der Waals surface area contributed by atoms with Crippen LogP contribution in [0.25, 0.3) is 112 Å². The van der Waals surface area contributed by atoms with Crippen molar-refractivity contribution in [2.24, 2.45) is 0 Å². The molecule has 75 heavy (non-hydrogen) atoms. The van der Waals surface area contributed by atoms with Gasteiger partial charge in [0.25, 0.3) is 0 Å². The quantitative estimate of drug-likeness (QED) is 0.142. The third-order valence-electron chi connectivity index (χ3n) is 15.2. The molecule has 4 heterocycles. The largest absolute Gasteiger partial charge is 0.375 e. The van der Waals surface area contributed by atoms with Crippen molar-refractivity contribution in [1.82, 2.24) is 19.4 Å². The van der Waals surface area contributed by atoms with Crippen molar-refractivity contribution in [3.8, 4) is 89.8 Å². The van der Waals surface area contributed by atoms with E-state index in [1.54, 1.807) is 0 Å². The van der Waals surface area contributed by atoms with Crippen LogP contribution in [0.1, 0.15) is 0 Å². The molecule has 348 valence electrons. The van der Waals surface area contributed by atoms with Crippen molar-refractivity contribution in [3.63, 3.8) is 0 Å². The Labute approximate surface area is 435 Å². The van der Waals surface area contributed by atoms with E-state index >= 15 is 0 Å². The van der Waals surface area contributed by atoms with E-state index in [1.807, 2.05) is 36.4 Å². The number of fused-ring (bicyclic) bond motifs is 7. The summed E-state index contributed by atoms with van der Waals surface area (Å²) in [6.07, 6.45) is 0. The molecule has 0 saturated heterocycles. The molecule has 0 N–H and O–H groups in total. The maximum absolute atomic E-state index is 5.11. The molecule has 15 rings (SSSR count). The van der Waals surface area contributed by atoms with Gasteiger partial charge in [0.05, 0.1) is 0 Å². The Morgan fingerprint density at radius 2 is 0.773 bits per heavy atom. The number of aromatic nitrogens is 4. The van der Waals surface area contributed by atoms with Crippen molar-refractivity contribution in [2.75, 3.05) is 4.90 Å². The van der Waals surface area contributed by atoms with Gasteiger partial charge in [-0.3, -0.25) is 0 Å². The van der Waals surface area contributed by atoms with Gasteiger partial charge in [-0.1, -0.05) is 237 Å². The third kappa shape index (κ3) is 6.99. The van der Waals surface area contributed by atoms with E-state index in [0.29, 0.717) is 17.5 Å². The molecule has 0 amide bonds. The summed E-state index contributed by atoms with van der Waals surface area (Å²) >= 11 is 0. The summed E-state index contributed by atoms with van der Waals surface area (Å²) in [6, 6.07) is 96.3. The topological polar surface area (TPSA) is 46.8 Å². The van der Waals surface area contributed by atoms with Crippen LogP contribution >= 0.6 is 0 Å². The molecule has 2 aliphatic rings. The van der Waals surface area contributed by atoms with Gasteiger partial charge in [0, 0.05) is 61.1 Å². The Morgan fingerprint density at radius 3 is 1.39 bits per heavy atom. The fourth-order valence-electron chi connectivity index (χ4n) is 11.9. The Kier molecular flexibility index (Phi) is 9.92. The van der Waals surface area contributed by atoms with Crippen molar-refractivity contribution in [3.05, 3.63) is 267 Å². The number of benzene rings is 11. The van der Waals surface area contributed by atoms with Crippen molar-refractivity contribution < 1.29 is 0 Å². The monoisotopic (exact) mass is 953 g/mol. The van der Waals surface area contributed by atoms with E-state index in [-0.39, 0.29) is 6.85 Å². The average Bonchev–Trinajstić information content (AvgIpc) is 3.83. The highest BCUT2D eigenvalue weighted by Gasteiger charge is 2.44. The fraction of sp³-hybridized carbons (Fsp3) is 0. The zero-order valence-electron chi connectivity index (χ0n) is 40.7. The van der Waals surface area contributed by atoms with E-state index in [4.69, 9.17) is 15.0 Å². The molecule has 0 aliphatic carbocycles. The molecule has 0 atom stereocenters. The normalized spacial score (nSPS) is 12.2. The predicted octanol–water partition coefficient (Wildman–Crippen LogP) is 16.1. The zero-order valence-corrected chi connectivity index (χ0v) is 40.7. The summed E-state index contributed by atoms with van der Waals surface area (Å²) in [4.78, 5) is 17.7. The Bertz CT molecular complexity index is 4260. The minimum absolute atomic E-state index is 0.147. The Morgan fingerprint density at radius 1 is 0.307 bits per heavy atom. The van der Waals surface area contributed by atoms with Crippen molar-refractivity contribution in [1.29, 1.82) is 0 Å². The third-order valence-corrected chi connectivity index (χ3v) is 15.2. The van der Waals surface area contributed by atoms with Gasteiger partial charge in [0.15, 0.2) is 17.5 Å². The van der Waals surface area contributed by atoms with Gasteiger partial charge >= 0.3 is 6.85 Å². The van der Waals surface area contributed by atoms with E-state index in [9.17, 15) is 0 Å². The molecule has 13 aromatic rings. The number of para-hydroxylation sites is 2. The number of nitrogens with zero attached hydrogens (tertiary/aromatic N) is 5. The molecule has 0 bridgehead atoms. The first-order chi connectivity index (χ1) is 37.2. The smallest absolute Gasteiger partial charge is 0.333 e. The summed E-state index contributed by atoms with van der Waals surface area (Å²) in [5.41, 5.74) is 23.0. The number of anilines is 3. The highest BCUT2D eigenvalue weighted by atomic mass is 15.2. The molecule has 11 aromatic carbocycles. The van der Waals surface area contributed by atoms with Crippen LogP contribution in [0, 0.1) is 0 Å². The molecule has 5 nitrogen and oxygen atoms in total. The minimum atomic E-state index is -0.147. The summed E-state index contributed by atoms with van der Waals surface area (Å²) in [7, 11) is 0. The lowest BCUT2D eigenvalue weighted by Crippen LogP contribution is -2.57. The van der Waals surface area contributed by atoms with Gasteiger partial charge in [0.2, 0.25) is 0 Å². The van der Waals surface area contributed by atoms with Crippen LogP contribution < -0.4 is 15.8 Å². The van der Waals surface area contributed by atoms with Gasteiger partial charge in [-0.15, -0.1) is 0 Å². The van der Waals surface area contributed by atoms with E-state index in [1.165, 1.54) is 71.7 Å². The molecular weight excluding hydrogens is 910 g/mol. The zero-order chi connectivity index (χ0) is 49.4. The van der Waals surface area contributed by atoms with E-state index in [0.717, 1.165) is 50.4 Å². The van der Waals surface area contributed by atoms with Crippen LogP contribution in [0.4, 0.5) is 17.1 Å². The lowest BCUT2D eigenvalue weighted by Gasteiger charge is -2.42. The van der Waals surface area contributed by atoms with Crippen LogP contribution in [-0.4, -0.2) is 26.3 Å². The summed E-state index contributed by atoms with van der Waals surface area (Å²) in [5.74, 6) is 1.90. The van der Waals surface area contributed by atoms with Gasteiger partial charge in [-0.05, 0) is 91.3 Å². The second kappa shape index (κ2) is 17.4. The number of hydrogen-bond donors (Lipinski definition) is 0. The molecule has 2 aromatic heterocycles. The average molecular weight is 954 g/mol. The first kappa shape index (κ1) is 42.7. The SMILES string of the molecule is c1ccc(-c2ccc(N3c4ccc(-c5ccccc5)cc4B4c5c3cc(-c3ccc(-c6nc(-c7ccccc7)nc(-c7ccccc7)n6)cc3)c(-c3ccccc3)c5-c3cccc5c6ccccc6n4c35)cc2)cc1. The first-order valence-corrected chi connectivity index (χ1v) is 25.6. The molecule has 0 unspecified atom stereocenters. The maximum atomic E-state index is 5.11. The van der Waals surface area contributed by atoms with Crippen LogP contribution in [0.5, 0.6) is 0 Å². The maximum Gasteiger partial charge on any atom is 0.333 e. The Balaban J connectivity index is 1.01. The second-order valence-corrected chi connectivity index (χ2v) is 19.5. The van der Waals surface area contributed by atoms with Gasteiger partial charge in [-0.2, -0.15) is 0 Å². The lowest BCUT2D eigenvalue weighted by atomic mass is 9.44. The van der Waals surface area contributed by atoms with Crippen molar-refractivity contribution in [2.45, 2.75) is 0 Å². The highest BCUT2D eigenvalue weighted by molar-refractivity contribution is 6.90. The van der Waals surface area contributed by atoms with Crippen molar-refractivity contribution >= 4 is 56.6 Å². The molecular formula is C69H44BN5. The van der Waals surface area contributed by atoms with E-state index in [2.05, 4.69) is 240 Å². The summed E-state index contributed by atoms with van der Waals surface area (Å²) < 4.78 is 2.65.